The van der Waals surface area contributed by atoms with Crippen LogP contribution in [0.3, 0.4) is 0 Å². The SMILES string of the molecule is CN1CCCC1=O.N.N.N.N.N.N.N.N.N.N.N. The quantitative estimate of drug-likeness (QED) is 0.304. The van der Waals surface area contributed by atoms with E-state index in [-0.39, 0.29) is 67.7 Å². The molecule has 0 aromatic rings. The fraction of sp³-hybridized carbons (Fsp3) is 0.800. The van der Waals surface area contributed by atoms with Crippen LogP contribution in [0, 0.1) is 0 Å². The highest BCUT2D eigenvalue weighted by molar-refractivity contribution is 5.77. The van der Waals surface area contributed by atoms with Gasteiger partial charge in [0.1, 0.15) is 0 Å². The Morgan fingerprint density at radius 1 is 0.722 bits per heavy atom. The first-order chi connectivity index (χ1) is 3.30. The van der Waals surface area contributed by atoms with E-state index in [4.69, 9.17) is 0 Å². The van der Waals surface area contributed by atoms with Gasteiger partial charge in [-0.25, -0.2) is 0 Å². The molecule has 1 saturated heterocycles. The highest BCUT2D eigenvalue weighted by atomic mass is 16.2. The minimum absolute atomic E-state index is 0. The zero-order valence-electron chi connectivity index (χ0n) is 12.3. The van der Waals surface area contributed by atoms with Crippen molar-refractivity contribution in [1.29, 1.82) is 0 Å². The number of rotatable bonds is 0. The van der Waals surface area contributed by atoms with Gasteiger partial charge in [-0.2, -0.15) is 0 Å². The van der Waals surface area contributed by atoms with Crippen LogP contribution >= 0.6 is 0 Å². The first-order valence-corrected chi connectivity index (χ1v) is 2.54. The molecule has 0 bridgehead atoms. The van der Waals surface area contributed by atoms with Crippen molar-refractivity contribution in [3.63, 3.8) is 0 Å². The van der Waals surface area contributed by atoms with E-state index in [0.29, 0.717) is 5.91 Å². The number of hydrogen-bond acceptors (Lipinski definition) is 12. The lowest BCUT2D eigenvalue weighted by atomic mass is 10.4. The van der Waals surface area contributed by atoms with Crippen LogP contribution in [-0.4, -0.2) is 24.4 Å². The van der Waals surface area contributed by atoms with E-state index in [1.807, 2.05) is 7.05 Å². The lowest BCUT2D eigenvalue weighted by Gasteiger charge is -2.03. The molecule has 33 N–H and O–H groups in total. The highest BCUT2D eigenvalue weighted by Gasteiger charge is 2.14. The van der Waals surface area contributed by atoms with Gasteiger partial charge in [-0.15, -0.1) is 0 Å². The van der Waals surface area contributed by atoms with Gasteiger partial charge in [0.15, 0.2) is 0 Å². The van der Waals surface area contributed by atoms with E-state index >= 15 is 0 Å². The largest absolute Gasteiger partial charge is 0.346 e. The number of hydrogen-bond donors (Lipinski definition) is 11. The van der Waals surface area contributed by atoms with Crippen LogP contribution in [0.1, 0.15) is 12.8 Å². The Balaban J connectivity index is -0.00000000495. The second kappa shape index (κ2) is 56.2. The highest BCUT2D eigenvalue weighted by Crippen LogP contribution is 2.04. The monoisotopic (exact) mass is 286 g/mol. The summed E-state index contributed by atoms with van der Waals surface area (Å²) in [6.45, 7) is 0.957. The first kappa shape index (κ1) is 120. The summed E-state index contributed by atoms with van der Waals surface area (Å²) in [4.78, 5) is 12.3. The van der Waals surface area contributed by atoms with Crippen molar-refractivity contribution in [2.45, 2.75) is 12.8 Å². The Kier molecular flexibility index (Phi) is 375. The third kappa shape index (κ3) is 36.3. The molecule has 0 radical (unpaired) electrons. The molecule has 1 aliphatic rings. The van der Waals surface area contributed by atoms with Crippen LogP contribution in [0.4, 0.5) is 0 Å². The van der Waals surface area contributed by atoms with Gasteiger partial charge in [-0.05, 0) is 6.42 Å². The predicted octanol–water partition coefficient (Wildman–Crippen LogP) is 2.02. The van der Waals surface area contributed by atoms with E-state index in [0.717, 1.165) is 19.4 Å². The van der Waals surface area contributed by atoms with E-state index in [9.17, 15) is 4.79 Å². The molecule has 1 rings (SSSR count). The van der Waals surface area contributed by atoms with Crippen LogP contribution in [0.25, 0.3) is 0 Å². The van der Waals surface area contributed by atoms with E-state index in [1.165, 1.54) is 0 Å². The van der Waals surface area contributed by atoms with Crippen molar-refractivity contribution >= 4 is 5.91 Å². The van der Waals surface area contributed by atoms with Crippen molar-refractivity contribution in [3.8, 4) is 0 Å². The van der Waals surface area contributed by atoms with E-state index in [1.54, 1.807) is 4.90 Å². The Morgan fingerprint density at radius 3 is 1.06 bits per heavy atom. The Labute approximate surface area is 111 Å². The molecule has 128 valence electrons. The third-order valence-electron chi connectivity index (χ3n) is 1.31. The smallest absolute Gasteiger partial charge is 0.222 e. The molecule has 0 spiro atoms. The predicted molar refractivity (Wildman–Crippen MR) is 82.1 cm³/mol. The molecule has 13 heteroatoms. The molecule has 0 aliphatic carbocycles. The van der Waals surface area contributed by atoms with Crippen molar-refractivity contribution < 1.29 is 4.79 Å². The molecule has 13 nitrogen and oxygen atoms in total. The van der Waals surface area contributed by atoms with Crippen LogP contribution in [0.15, 0.2) is 0 Å². The van der Waals surface area contributed by atoms with Gasteiger partial charge in [0.25, 0.3) is 0 Å². The summed E-state index contributed by atoms with van der Waals surface area (Å²) < 4.78 is 0. The summed E-state index contributed by atoms with van der Waals surface area (Å²) in [6, 6.07) is 0. The summed E-state index contributed by atoms with van der Waals surface area (Å²) in [6.07, 6.45) is 1.81. The fourth-order valence-corrected chi connectivity index (χ4v) is 0.783. The van der Waals surface area contributed by atoms with Gasteiger partial charge >= 0.3 is 0 Å². The number of amides is 1. The molecular formula is C5H42N12O. The molecule has 1 heterocycles. The summed E-state index contributed by atoms with van der Waals surface area (Å²) in [5, 5.41) is 0. The Hall–Kier alpha value is -0.970. The zero-order valence-corrected chi connectivity index (χ0v) is 12.3. The van der Waals surface area contributed by atoms with Crippen molar-refractivity contribution in [2.75, 3.05) is 13.6 Å². The van der Waals surface area contributed by atoms with Gasteiger partial charge in [-0.1, -0.05) is 0 Å². The average molecular weight is 286 g/mol. The number of nitrogens with zero attached hydrogens (tertiary/aromatic N) is 1. The van der Waals surface area contributed by atoms with Gasteiger partial charge < -0.3 is 72.6 Å². The lowest BCUT2D eigenvalue weighted by molar-refractivity contribution is -0.126. The molecule has 1 aliphatic heterocycles. The second-order valence-corrected chi connectivity index (χ2v) is 1.92. The maximum atomic E-state index is 10.5. The third-order valence-corrected chi connectivity index (χ3v) is 1.31. The molecule has 0 unspecified atom stereocenters. The normalized spacial score (nSPS) is 8.28. The summed E-state index contributed by atoms with van der Waals surface area (Å²) in [7, 11) is 1.84. The van der Waals surface area contributed by atoms with Gasteiger partial charge in [-0.3, -0.25) is 4.79 Å². The molecular weight excluding hydrogens is 244 g/mol. The van der Waals surface area contributed by atoms with Gasteiger partial charge in [0.2, 0.25) is 5.91 Å². The maximum Gasteiger partial charge on any atom is 0.222 e. The number of carbonyl (C=O) groups excluding carboxylic acids is 1. The van der Waals surface area contributed by atoms with E-state index in [2.05, 4.69) is 0 Å². The minimum Gasteiger partial charge on any atom is -0.346 e. The van der Waals surface area contributed by atoms with Crippen LogP contribution in [0.2, 0.25) is 0 Å². The van der Waals surface area contributed by atoms with Crippen LogP contribution in [-0.2, 0) is 4.79 Å². The molecule has 1 amide bonds. The summed E-state index contributed by atoms with van der Waals surface area (Å²) >= 11 is 0. The van der Waals surface area contributed by atoms with Gasteiger partial charge in [0, 0.05) is 20.0 Å². The average Bonchev–Trinajstić information content (AvgIpc) is 1.91. The maximum absolute atomic E-state index is 10.5. The standard InChI is InChI=1S/C5H9NO.11H3N/c1-6-4-2-3-5(6)7;;;;;;;;;;;/h2-4H2,1H3;11*1H3. The summed E-state index contributed by atoms with van der Waals surface area (Å²) in [5.41, 5.74) is 0. The molecule has 0 aromatic heterocycles. The minimum atomic E-state index is 0. The summed E-state index contributed by atoms with van der Waals surface area (Å²) in [5.74, 6) is 0.292. The molecule has 18 heavy (non-hydrogen) atoms. The fourth-order valence-electron chi connectivity index (χ4n) is 0.783. The molecule has 0 aromatic carbocycles. The van der Waals surface area contributed by atoms with Crippen molar-refractivity contribution in [3.05, 3.63) is 0 Å². The molecule has 1 fully saturated rings. The first-order valence-electron chi connectivity index (χ1n) is 2.54. The zero-order chi connectivity index (χ0) is 5.28. The van der Waals surface area contributed by atoms with E-state index < -0.39 is 0 Å². The van der Waals surface area contributed by atoms with Crippen molar-refractivity contribution in [2.24, 2.45) is 0 Å². The number of likely N-dealkylation sites (tertiary alicyclic amines) is 1. The lowest BCUT2D eigenvalue weighted by Crippen LogP contribution is -2.17. The topological polar surface area (TPSA) is 405 Å². The second-order valence-electron chi connectivity index (χ2n) is 1.92. The Bertz CT molecular complexity index is 102. The molecule has 0 saturated carbocycles. The van der Waals surface area contributed by atoms with Crippen LogP contribution in [0.5, 0.6) is 0 Å². The van der Waals surface area contributed by atoms with Crippen LogP contribution < -0.4 is 67.7 Å². The van der Waals surface area contributed by atoms with Gasteiger partial charge in [0.05, 0.1) is 0 Å². The Morgan fingerprint density at radius 2 is 1.00 bits per heavy atom. The molecule has 0 atom stereocenters. The van der Waals surface area contributed by atoms with Crippen molar-refractivity contribution in [1.82, 2.24) is 72.6 Å². The number of carbonyl (C=O) groups is 1.